The van der Waals surface area contributed by atoms with Crippen LogP contribution in [0.4, 0.5) is 0 Å². The molecule has 0 spiro atoms. The van der Waals surface area contributed by atoms with Gasteiger partial charge in [0.1, 0.15) is 0 Å². The normalized spacial score (nSPS) is 31.2. The van der Waals surface area contributed by atoms with E-state index in [1.165, 1.54) is 51.4 Å². The maximum atomic E-state index is 2.53. The molecule has 17 heavy (non-hydrogen) atoms. The molecule has 1 aliphatic rings. The quantitative estimate of drug-likeness (QED) is 0.429. The molecule has 102 valence electrons. The highest BCUT2D eigenvalue weighted by molar-refractivity contribution is 5.00. The number of hydrogen-bond acceptors (Lipinski definition) is 0. The number of hydrogen-bond donors (Lipinski definition) is 0. The van der Waals surface area contributed by atoms with E-state index in [1.54, 1.807) is 0 Å². The minimum absolute atomic E-state index is 0.726. The molecular weight excluding hydrogens is 204 g/mol. The second kappa shape index (κ2) is 6.81. The van der Waals surface area contributed by atoms with Crippen molar-refractivity contribution in [3.05, 3.63) is 0 Å². The topological polar surface area (TPSA) is 0 Å². The van der Waals surface area contributed by atoms with Crippen LogP contribution in [0, 0.1) is 23.2 Å². The third-order valence-electron chi connectivity index (χ3n) is 5.27. The van der Waals surface area contributed by atoms with Gasteiger partial charge in [-0.25, -0.2) is 0 Å². The Labute approximate surface area is 110 Å². The first-order valence-electron chi connectivity index (χ1n) is 8.03. The van der Waals surface area contributed by atoms with Crippen molar-refractivity contribution in [2.45, 2.75) is 86.0 Å². The Morgan fingerprint density at radius 3 is 2.41 bits per heavy atom. The predicted molar refractivity (Wildman–Crippen MR) is 78.2 cm³/mol. The number of rotatable bonds is 9. The first-order valence-corrected chi connectivity index (χ1v) is 8.03. The van der Waals surface area contributed by atoms with E-state index in [1.807, 2.05) is 0 Å². The Bertz CT molecular complexity index is 208. The van der Waals surface area contributed by atoms with Crippen LogP contribution in [0.1, 0.15) is 86.0 Å². The van der Waals surface area contributed by atoms with E-state index >= 15 is 0 Å². The highest BCUT2D eigenvalue weighted by Gasteiger charge is 2.51. The molecule has 0 heteroatoms. The second-order valence-corrected chi connectivity index (χ2v) is 6.99. The van der Waals surface area contributed by atoms with E-state index < -0.39 is 0 Å². The van der Waals surface area contributed by atoms with Gasteiger partial charge in [-0.2, -0.15) is 0 Å². The zero-order valence-corrected chi connectivity index (χ0v) is 12.9. The third kappa shape index (κ3) is 4.64. The minimum Gasteiger partial charge on any atom is -0.0654 e. The standard InChI is InChI=1S/C17H34/c1-6-8-9-12-17(5)13-16(17)15(4)11-10-14(3)7-2/h14-16H,6-13H2,1-5H3. The first-order chi connectivity index (χ1) is 8.03. The van der Waals surface area contributed by atoms with Crippen LogP contribution in [0.15, 0.2) is 0 Å². The Balaban J connectivity index is 2.19. The summed E-state index contributed by atoms with van der Waals surface area (Å²) in [6, 6.07) is 0. The summed E-state index contributed by atoms with van der Waals surface area (Å²) in [5.74, 6) is 2.95. The van der Waals surface area contributed by atoms with Gasteiger partial charge in [-0.1, -0.05) is 73.1 Å². The fraction of sp³-hybridized carbons (Fsp3) is 1.00. The summed E-state index contributed by atoms with van der Waals surface area (Å²) in [4.78, 5) is 0. The van der Waals surface area contributed by atoms with Crippen LogP contribution >= 0.6 is 0 Å². The Morgan fingerprint density at radius 2 is 1.82 bits per heavy atom. The molecule has 0 aromatic carbocycles. The summed E-state index contributed by atoms with van der Waals surface area (Å²) in [6.07, 6.45) is 11.5. The molecule has 4 unspecified atom stereocenters. The van der Waals surface area contributed by atoms with Crippen molar-refractivity contribution < 1.29 is 0 Å². The Morgan fingerprint density at radius 1 is 1.12 bits per heavy atom. The van der Waals surface area contributed by atoms with Crippen LogP contribution in [0.2, 0.25) is 0 Å². The molecular formula is C17H34. The lowest BCUT2D eigenvalue weighted by Gasteiger charge is -2.18. The zero-order chi connectivity index (χ0) is 12.9. The van der Waals surface area contributed by atoms with Gasteiger partial charge < -0.3 is 0 Å². The largest absolute Gasteiger partial charge is 0.0654 e. The summed E-state index contributed by atoms with van der Waals surface area (Å²) < 4.78 is 0. The summed E-state index contributed by atoms with van der Waals surface area (Å²) in [5, 5.41) is 0. The monoisotopic (exact) mass is 238 g/mol. The van der Waals surface area contributed by atoms with Gasteiger partial charge in [0.2, 0.25) is 0 Å². The second-order valence-electron chi connectivity index (χ2n) is 6.99. The van der Waals surface area contributed by atoms with Crippen molar-refractivity contribution in [1.82, 2.24) is 0 Å². The van der Waals surface area contributed by atoms with Gasteiger partial charge >= 0.3 is 0 Å². The summed E-state index contributed by atoms with van der Waals surface area (Å²) in [6.45, 7) is 12.1. The summed E-state index contributed by atoms with van der Waals surface area (Å²) in [7, 11) is 0. The minimum atomic E-state index is 0.726. The highest BCUT2D eigenvalue weighted by Crippen LogP contribution is 2.60. The smallest absolute Gasteiger partial charge is 0.0292 e. The van der Waals surface area contributed by atoms with E-state index in [2.05, 4.69) is 34.6 Å². The maximum Gasteiger partial charge on any atom is -0.0292 e. The van der Waals surface area contributed by atoms with Gasteiger partial charge in [0, 0.05) is 0 Å². The molecule has 0 heterocycles. The van der Waals surface area contributed by atoms with Crippen molar-refractivity contribution >= 4 is 0 Å². The molecule has 1 saturated carbocycles. The van der Waals surface area contributed by atoms with Crippen molar-refractivity contribution in [2.75, 3.05) is 0 Å². The average molecular weight is 238 g/mol. The molecule has 1 rings (SSSR count). The first kappa shape index (κ1) is 15.1. The van der Waals surface area contributed by atoms with Crippen molar-refractivity contribution in [1.29, 1.82) is 0 Å². The lowest BCUT2D eigenvalue weighted by atomic mass is 9.88. The van der Waals surface area contributed by atoms with E-state index in [9.17, 15) is 0 Å². The van der Waals surface area contributed by atoms with Crippen molar-refractivity contribution in [3.63, 3.8) is 0 Å². The van der Waals surface area contributed by atoms with Gasteiger partial charge in [0.15, 0.2) is 0 Å². The maximum absolute atomic E-state index is 2.53. The SMILES string of the molecule is CCCCCC1(C)CC1C(C)CCC(C)CC. The fourth-order valence-electron chi connectivity index (χ4n) is 3.35. The van der Waals surface area contributed by atoms with Crippen LogP contribution in [0.25, 0.3) is 0 Å². The molecule has 0 amide bonds. The van der Waals surface area contributed by atoms with E-state index in [0.717, 1.165) is 23.2 Å². The van der Waals surface area contributed by atoms with E-state index in [-0.39, 0.29) is 0 Å². The van der Waals surface area contributed by atoms with Gasteiger partial charge in [0.05, 0.1) is 0 Å². The molecule has 0 aromatic rings. The Hall–Kier alpha value is 0. The molecule has 0 radical (unpaired) electrons. The van der Waals surface area contributed by atoms with Crippen LogP contribution in [0.3, 0.4) is 0 Å². The van der Waals surface area contributed by atoms with Crippen LogP contribution in [-0.4, -0.2) is 0 Å². The molecule has 0 aliphatic heterocycles. The fourth-order valence-corrected chi connectivity index (χ4v) is 3.35. The predicted octanol–water partition coefficient (Wildman–Crippen LogP) is 6.06. The van der Waals surface area contributed by atoms with Crippen LogP contribution < -0.4 is 0 Å². The molecule has 0 bridgehead atoms. The average Bonchev–Trinajstić information content (AvgIpc) is 2.98. The van der Waals surface area contributed by atoms with Crippen molar-refractivity contribution in [3.8, 4) is 0 Å². The molecule has 4 atom stereocenters. The lowest BCUT2D eigenvalue weighted by Crippen LogP contribution is -2.07. The van der Waals surface area contributed by atoms with Gasteiger partial charge in [-0.05, 0) is 36.0 Å². The molecule has 0 N–H and O–H groups in total. The highest BCUT2D eigenvalue weighted by atomic mass is 14.6. The van der Waals surface area contributed by atoms with E-state index in [4.69, 9.17) is 0 Å². The molecule has 1 fully saturated rings. The summed E-state index contributed by atoms with van der Waals surface area (Å²) >= 11 is 0. The van der Waals surface area contributed by atoms with Crippen LogP contribution in [-0.2, 0) is 0 Å². The molecule has 0 saturated heterocycles. The zero-order valence-electron chi connectivity index (χ0n) is 12.9. The summed E-state index contributed by atoms with van der Waals surface area (Å²) in [5.41, 5.74) is 0.726. The lowest BCUT2D eigenvalue weighted by molar-refractivity contribution is 0.329. The number of unbranched alkanes of at least 4 members (excludes halogenated alkanes) is 2. The molecule has 1 aliphatic carbocycles. The van der Waals surface area contributed by atoms with Gasteiger partial charge in [-0.15, -0.1) is 0 Å². The molecule has 0 aromatic heterocycles. The van der Waals surface area contributed by atoms with Gasteiger partial charge in [0.25, 0.3) is 0 Å². The van der Waals surface area contributed by atoms with E-state index in [0.29, 0.717) is 0 Å². The van der Waals surface area contributed by atoms with Gasteiger partial charge in [-0.3, -0.25) is 0 Å². The molecule has 0 nitrogen and oxygen atoms in total. The van der Waals surface area contributed by atoms with Crippen molar-refractivity contribution in [2.24, 2.45) is 23.2 Å². The third-order valence-corrected chi connectivity index (χ3v) is 5.27. The Kier molecular flexibility index (Phi) is 6.03. The van der Waals surface area contributed by atoms with Crippen LogP contribution in [0.5, 0.6) is 0 Å².